The largest absolute Gasteiger partial charge is 0.374 e. The zero-order chi connectivity index (χ0) is 16.1. The smallest absolute Gasteiger partial charge is 0.261 e. The number of thiophene rings is 1. The standard InChI is InChI=1S/C16H24N2O3S/c1-11(2)9-18-6-7-21-13(10-18)8-17-16(20)15-5-4-14(22-15)12(3)19/h4-5,11,13H,6-10H2,1-3H3,(H,17,20)/t13-/m1/s1. The van der Waals surface area contributed by atoms with Crippen LogP contribution in [0.15, 0.2) is 12.1 Å². The van der Waals surface area contributed by atoms with E-state index in [1.807, 2.05) is 0 Å². The summed E-state index contributed by atoms with van der Waals surface area (Å²) in [5.74, 6) is 0.482. The number of nitrogens with one attached hydrogen (secondary N) is 1. The minimum Gasteiger partial charge on any atom is -0.374 e. The molecule has 1 aromatic rings. The average molecular weight is 324 g/mol. The Balaban J connectivity index is 1.81. The van der Waals surface area contributed by atoms with E-state index in [0.717, 1.165) is 19.6 Å². The summed E-state index contributed by atoms with van der Waals surface area (Å²) in [7, 11) is 0. The topological polar surface area (TPSA) is 58.6 Å². The maximum Gasteiger partial charge on any atom is 0.261 e. The van der Waals surface area contributed by atoms with Crippen molar-refractivity contribution in [2.45, 2.75) is 26.9 Å². The zero-order valence-corrected chi connectivity index (χ0v) is 14.2. The molecule has 1 N–H and O–H groups in total. The zero-order valence-electron chi connectivity index (χ0n) is 13.4. The number of rotatable bonds is 6. The summed E-state index contributed by atoms with van der Waals surface area (Å²) < 4.78 is 5.71. The maximum absolute atomic E-state index is 12.1. The van der Waals surface area contributed by atoms with E-state index in [9.17, 15) is 9.59 Å². The summed E-state index contributed by atoms with van der Waals surface area (Å²) in [6.07, 6.45) is 0.0312. The molecule has 0 unspecified atom stereocenters. The third kappa shape index (κ3) is 4.90. The van der Waals surface area contributed by atoms with Crippen molar-refractivity contribution in [1.29, 1.82) is 0 Å². The minimum atomic E-state index is -0.137. The molecule has 1 saturated heterocycles. The van der Waals surface area contributed by atoms with Gasteiger partial charge in [-0.3, -0.25) is 14.5 Å². The van der Waals surface area contributed by atoms with Crippen molar-refractivity contribution in [3.05, 3.63) is 21.9 Å². The van der Waals surface area contributed by atoms with E-state index < -0.39 is 0 Å². The summed E-state index contributed by atoms with van der Waals surface area (Å²) in [6, 6.07) is 3.40. The lowest BCUT2D eigenvalue weighted by Gasteiger charge is -2.33. The van der Waals surface area contributed by atoms with Crippen molar-refractivity contribution in [3.63, 3.8) is 0 Å². The lowest BCUT2D eigenvalue weighted by molar-refractivity contribution is -0.0295. The molecule has 2 rings (SSSR count). The Hall–Kier alpha value is -1.24. The number of hydrogen-bond acceptors (Lipinski definition) is 5. The van der Waals surface area contributed by atoms with E-state index in [1.165, 1.54) is 18.3 Å². The van der Waals surface area contributed by atoms with Crippen molar-refractivity contribution in [2.75, 3.05) is 32.8 Å². The van der Waals surface area contributed by atoms with Crippen LogP contribution in [0, 0.1) is 5.92 Å². The van der Waals surface area contributed by atoms with Gasteiger partial charge in [-0.1, -0.05) is 13.8 Å². The Morgan fingerprint density at radius 1 is 1.41 bits per heavy atom. The lowest BCUT2D eigenvalue weighted by Crippen LogP contribution is -2.48. The molecule has 0 saturated carbocycles. The van der Waals surface area contributed by atoms with Gasteiger partial charge in [-0.2, -0.15) is 0 Å². The Morgan fingerprint density at radius 3 is 2.77 bits per heavy atom. The fourth-order valence-electron chi connectivity index (χ4n) is 2.53. The molecule has 1 aliphatic heterocycles. The van der Waals surface area contributed by atoms with Gasteiger partial charge in [-0.25, -0.2) is 0 Å². The molecule has 1 aliphatic rings. The summed E-state index contributed by atoms with van der Waals surface area (Å²) in [4.78, 5) is 26.9. The molecule has 1 aromatic heterocycles. The third-order valence-electron chi connectivity index (χ3n) is 3.51. The van der Waals surface area contributed by atoms with Crippen molar-refractivity contribution in [3.8, 4) is 0 Å². The van der Waals surface area contributed by atoms with Crippen LogP contribution in [-0.2, 0) is 4.74 Å². The van der Waals surface area contributed by atoms with Crippen LogP contribution in [0.3, 0.4) is 0 Å². The van der Waals surface area contributed by atoms with Crippen LogP contribution in [-0.4, -0.2) is 55.5 Å². The summed E-state index contributed by atoms with van der Waals surface area (Å²) in [6.45, 7) is 9.98. The first kappa shape index (κ1) is 17.1. The van der Waals surface area contributed by atoms with Gasteiger partial charge in [-0.05, 0) is 25.0 Å². The number of carbonyl (C=O) groups excluding carboxylic acids is 2. The summed E-state index contributed by atoms with van der Waals surface area (Å²) >= 11 is 1.23. The van der Waals surface area contributed by atoms with E-state index in [4.69, 9.17) is 4.74 Å². The maximum atomic E-state index is 12.1. The highest BCUT2D eigenvalue weighted by molar-refractivity contribution is 7.15. The van der Waals surface area contributed by atoms with Crippen LogP contribution in [0.25, 0.3) is 0 Å². The van der Waals surface area contributed by atoms with Crippen molar-refractivity contribution >= 4 is 23.0 Å². The van der Waals surface area contributed by atoms with E-state index >= 15 is 0 Å². The van der Waals surface area contributed by atoms with Gasteiger partial charge in [0.15, 0.2) is 5.78 Å². The molecule has 0 radical (unpaired) electrons. The monoisotopic (exact) mass is 324 g/mol. The van der Waals surface area contributed by atoms with E-state index in [-0.39, 0.29) is 17.8 Å². The molecule has 1 amide bonds. The number of amides is 1. The second kappa shape index (κ2) is 7.85. The van der Waals surface area contributed by atoms with Gasteiger partial charge in [0, 0.05) is 26.2 Å². The first-order chi connectivity index (χ1) is 10.5. The number of morpholine rings is 1. The SMILES string of the molecule is CC(=O)c1ccc(C(=O)NC[C@@H]2CN(CC(C)C)CCO2)s1. The van der Waals surface area contributed by atoms with E-state index in [0.29, 0.717) is 28.8 Å². The van der Waals surface area contributed by atoms with Gasteiger partial charge in [0.05, 0.1) is 22.5 Å². The summed E-state index contributed by atoms with van der Waals surface area (Å²) in [5, 5.41) is 2.90. The first-order valence-corrected chi connectivity index (χ1v) is 8.50. The molecule has 122 valence electrons. The predicted octanol–water partition coefficient (Wildman–Crippen LogP) is 2.04. The van der Waals surface area contributed by atoms with Crippen LogP contribution in [0.2, 0.25) is 0 Å². The Labute approximate surface area is 135 Å². The van der Waals surface area contributed by atoms with Gasteiger partial charge < -0.3 is 10.1 Å². The first-order valence-electron chi connectivity index (χ1n) is 7.68. The fraction of sp³-hybridized carbons (Fsp3) is 0.625. The molecule has 0 aliphatic carbocycles. The minimum absolute atomic E-state index is 0.0102. The normalized spacial score (nSPS) is 19.4. The number of carbonyl (C=O) groups is 2. The highest BCUT2D eigenvalue weighted by atomic mass is 32.1. The van der Waals surface area contributed by atoms with Crippen LogP contribution in [0.1, 0.15) is 40.1 Å². The molecule has 1 fully saturated rings. The number of hydrogen-bond donors (Lipinski definition) is 1. The average Bonchev–Trinajstić information content (AvgIpc) is 2.94. The molecule has 6 heteroatoms. The Bertz CT molecular complexity index is 527. The van der Waals surface area contributed by atoms with Crippen LogP contribution in [0.4, 0.5) is 0 Å². The molecular formula is C16H24N2O3S. The van der Waals surface area contributed by atoms with Gasteiger partial charge in [0.25, 0.3) is 5.91 Å². The summed E-state index contributed by atoms with van der Waals surface area (Å²) in [5.41, 5.74) is 0. The molecule has 5 nitrogen and oxygen atoms in total. The molecule has 0 spiro atoms. The number of nitrogens with zero attached hydrogens (tertiary/aromatic N) is 1. The Morgan fingerprint density at radius 2 is 2.14 bits per heavy atom. The van der Waals surface area contributed by atoms with Crippen molar-refractivity contribution in [1.82, 2.24) is 10.2 Å². The van der Waals surface area contributed by atoms with Gasteiger partial charge in [0.1, 0.15) is 0 Å². The quantitative estimate of drug-likeness (QED) is 0.814. The number of Topliss-reactive ketones (excluding diaryl/α,β-unsaturated/α-hetero) is 1. The third-order valence-corrected chi connectivity index (χ3v) is 4.70. The Kier molecular flexibility index (Phi) is 6.11. The fourth-order valence-corrected chi connectivity index (χ4v) is 3.35. The molecule has 0 aromatic carbocycles. The van der Waals surface area contributed by atoms with Gasteiger partial charge in [0.2, 0.25) is 0 Å². The predicted molar refractivity (Wildman–Crippen MR) is 87.7 cm³/mol. The molecule has 0 bridgehead atoms. The number of ketones is 1. The second-order valence-corrected chi connectivity index (χ2v) is 7.16. The molecular weight excluding hydrogens is 300 g/mol. The van der Waals surface area contributed by atoms with Crippen LogP contribution >= 0.6 is 11.3 Å². The molecule has 22 heavy (non-hydrogen) atoms. The van der Waals surface area contributed by atoms with E-state index in [1.54, 1.807) is 12.1 Å². The second-order valence-electron chi connectivity index (χ2n) is 6.08. The van der Waals surface area contributed by atoms with Crippen molar-refractivity contribution in [2.24, 2.45) is 5.92 Å². The van der Waals surface area contributed by atoms with Gasteiger partial charge >= 0.3 is 0 Å². The highest BCUT2D eigenvalue weighted by Gasteiger charge is 2.22. The number of ether oxygens (including phenoxy) is 1. The molecule has 2 heterocycles. The van der Waals surface area contributed by atoms with Crippen molar-refractivity contribution < 1.29 is 14.3 Å². The highest BCUT2D eigenvalue weighted by Crippen LogP contribution is 2.17. The lowest BCUT2D eigenvalue weighted by atomic mass is 10.2. The van der Waals surface area contributed by atoms with Crippen LogP contribution < -0.4 is 5.32 Å². The molecule has 1 atom stereocenters. The van der Waals surface area contributed by atoms with E-state index in [2.05, 4.69) is 24.1 Å². The van der Waals surface area contributed by atoms with Crippen LogP contribution in [0.5, 0.6) is 0 Å². The van der Waals surface area contributed by atoms with Gasteiger partial charge in [-0.15, -0.1) is 11.3 Å².